The van der Waals surface area contributed by atoms with E-state index in [1.807, 2.05) is 42.1 Å². The molecule has 0 aliphatic rings. The van der Waals surface area contributed by atoms with E-state index in [1.165, 1.54) is 0 Å². The van der Waals surface area contributed by atoms with Crippen molar-refractivity contribution in [3.63, 3.8) is 0 Å². The Morgan fingerprint density at radius 1 is 1.21 bits per heavy atom. The Hall–Kier alpha value is -2.07. The fourth-order valence-corrected chi connectivity index (χ4v) is 2.27. The molecule has 0 amide bonds. The zero-order valence-electron chi connectivity index (χ0n) is 10.5. The van der Waals surface area contributed by atoms with E-state index in [4.69, 9.17) is 11.6 Å². The van der Waals surface area contributed by atoms with E-state index in [9.17, 15) is 0 Å². The molecule has 0 saturated carbocycles. The summed E-state index contributed by atoms with van der Waals surface area (Å²) in [7, 11) is 1.93. The van der Waals surface area contributed by atoms with Gasteiger partial charge in [-0.1, -0.05) is 11.6 Å². The summed E-state index contributed by atoms with van der Waals surface area (Å²) >= 11 is 6.15. The first-order valence-corrected chi connectivity index (χ1v) is 6.37. The Kier molecular flexibility index (Phi) is 3.09. The molecule has 4 nitrogen and oxygen atoms in total. The van der Waals surface area contributed by atoms with Crippen LogP contribution in [0.1, 0.15) is 5.69 Å². The van der Waals surface area contributed by atoms with Crippen LogP contribution in [0.5, 0.6) is 0 Å². The van der Waals surface area contributed by atoms with Crippen molar-refractivity contribution < 1.29 is 0 Å². The third-order valence-corrected chi connectivity index (χ3v) is 3.41. The molecule has 3 rings (SSSR count). The van der Waals surface area contributed by atoms with Crippen molar-refractivity contribution in [2.24, 2.45) is 7.05 Å². The molecule has 1 aromatic carbocycles. The maximum Gasteiger partial charge on any atom is 0.0908 e. The molecule has 3 aromatic rings. The minimum Gasteiger partial charge on any atom is -0.379 e. The minimum atomic E-state index is 0.668. The van der Waals surface area contributed by atoms with Crippen LogP contribution in [0.2, 0.25) is 5.02 Å². The number of nitrogens with one attached hydrogen (secondary N) is 1. The van der Waals surface area contributed by atoms with E-state index >= 15 is 0 Å². The lowest BCUT2D eigenvalue weighted by atomic mass is 10.2. The van der Waals surface area contributed by atoms with Gasteiger partial charge in [-0.15, -0.1) is 0 Å². The van der Waals surface area contributed by atoms with Crippen LogP contribution in [0.3, 0.4) is 0 Å². The van der Waals surface area contributed by atoms with Gasteiger partial charge in [-0.2, -0.15) is 5.10 Å². The lowest BCUT2D eigenvalue weighted by Crippen LogP contribution is -2.05. The second-order valence-electron chi connectivity index (χ2n) is 4.29. The third kappa shape index (κ3) is 2.27. The normalized spacial score (nSPS) is 10.8. The monoisotopic (exact) mass is 272 g/mol. The summed E-state index contributed by atoms with van der Waals surface area (Å²) in [5, 5.41) is 9.24. The van der Waals surface area contributed by atoms with Crippen LogP contribution in [-0.2, 0) is 13.6 Å². The second kappa shape index (κ2) is 4.90. The molecular formula is C14H13ClN4. The Labute approximate surface area is 116 Å². The molecule has 2 heterocycles. The van der Waals surface area contributed by atoms with E-state index in [0.29, 0.717) is 11.6 Å². The number of pyridine rings is 1. The average molecular weight is 273 g/mol. The summed E-state index contributed by atoms with van der Waals surface area (Å²) < 4.78 is 1.85. The summed E-state index contributed by atoms with van der Waals surface area (Å²) in [6.45, 7) is 0.710. The summed E-state index contributed by atoms with van der Waals surface area (Å²) in [5.41, 5.74) is 2.96. The van der Waals surface area contributed by atoms with Crippen LogP contribution in [0, 0.1) is 0 Å². The van der Waals surface area contributed by atoms with Gasteiger partial charge in [0.15, 0.2) is 0 Å². The highest BCUT2D eigenvalue weighted by atomic mass is 35.5. The van der Waals surface area contributed by atoms with Crippen molar-refractivity contribution in [3.05, 3.63) is 53.4 Å². The van der Waals surface area contributed by atoms with Crippen LogP contribution < -0.4 is 5.32 Å². The van der Waals surface area contributed by atoms with Gasteiger partial charge >= 0.3 is 0 Å². The van der Waals surface area contributed by atoms with Gasteiger partial charge in [0.25, 0.3) is 0 Å². The molecule has 0 atom stereocenters. The smallest absolute Gasteiger partial charge is 0.0908 e. The van der Waals surface area contributed by atoms with Gasteiger partial charge in [0.1, 0.15) is 0 Å². The standard InChI is InChI=1S/C14H13ClN4/c1-19-10(6-8-18-19)9-17-13-5-4-12(15)14-11(13)3-2-7-16-14/h2-8,17H,9H2,1H3. The molecule has 0 aliphatic carbocycles. The Morgan fingerprint density at radius 3 is 2.89 bits per heavy atom. The van der Waals surface area contributed by atoms with Crippen molar-refractivity contribution in [1.29, 1.82) is 0 Å². The van der Waals surface area contributed by atoms with Crippen molar-refractivity contribution in [3.8, 4) is 0 Å². The summed E-state index contributed by atoms with van der Waals surface area (Å²) in [5.74, 6) is 0. The Balaban J connectivity index is 1.93. The molecule has 0 unspecified atom stereocenters. The molecule has 0 radical (unpaired) electrons. The summed E-state index contributed by atoms with van der Waals surface area (Å²) in [4.78, 5) is 4.31. The molecule has 0 aliphatic heterocycles. The van der Waals surface area contributed by atoms with Crippen molar-refractivity contribution in [2.45, 2.75) is 6.54 Å². The Bertz CT molecular complexity index is 720. The molecule has 0 spiro atoms. The number of benzene rings is 1. The zero-order chi connectivity index (χ0) is 13.2. The second-order valence-corrected chi connectivity index (χ2v) is 4.70. The largest absolute Gasteiger partial charge is 0.379 e. The van der Waals surface area contributed by atoms with E-state index < -0.39 is 0 Å². The molecule has 0 bridgehead atoms. The predicted molar refractivity (Wildman–Crippen MR) is 77.3 cm³/mol. The maximum atomic E-state index is 6.15. The minimum absolute atomic E-state index is 0.668. The average Bonchev–Trinajstić information content (AvgIpc) is 2.84. The number of hydrogen-bond acceptors (Lipinski definition) is 3. The van der Waals surface area contributed by atoms with Crippen LogP contribution in [0.15, 0.2) is 42.7 Å². The molecule has 0 saturated heterocycles. The number of hydrogen-bond donors (Lipinski definition) is 1. The fourth-order valence-electron chi connectivity index (χ4n) is 2.05. The van der Waals surface area contributed by atoms with Crippen molar-refractivity contribution >= 4 is 28.2 Å². The van der Waals surface area contributed by atoms with Crippen LogP contribution in [0.25, 0.3) is 10.9 Å². The maximum absolute atomic E-state index is 6.15. The van der Waals surface area contributed by atoms with Gasteiger partial charge in [0.2, 0.25) is 0 Å². The fraction of sp³-hybridized carbons (Fsp3) is 0.143. The first kappa shape index (κ1) is 12.0. The van der Waals surface area contributed by atoms with Gasteiger partial charge in [0.05, 0.1) is 22.8 Å². The topological polar surface area (TPSA) is 42.7 Å². The highest BCUT2D eigenvalue weighted by molar-refractivity contribution is 6.35. The van der Waals surface area contributed by atoms with E-state index in [-0.39, 0.29) is 0 Å². The van der Waals surface area contributed by atoms with Crippen LogP contribution >= 0.6 is 11.6 Å². The number of nitrogens with zero attached hydrogens (tertiary/aromatic N) is 3. The number of aromatic nitrogens is 3. The quantitative estimate of drug-likeness (QED) is 0.796. The lowest BCUT2D eigenvalue weighted by Gasteiger charge is -2.10. The molecule has 19 heavy (non-hydrogen) atoms. The van der Waals surface area contributed by atoms with Crippen LogP contribution in [-0.4, -0.2) is 14.8 Å². The van der Waals surface area contributed by atoms with Gasteiger partial charge in [-0.25, -0.2) is 0 Å². The SMILES string of the molecule is Cn1nccc1CNc1ccc(Cl)c2ncccc12. The number of halogens is 1. The molecule has 0 fully saturated rings. The molecule has 96 valence electrons. The molecule has 1 N–H and O–H groups in total. The molecule has 2 aromatic heterocycles. The summed E-state index contributed by atoms with van der Waals surface area (Å²) in [6.07, 6.45) is 3.54. The lowest BCUT2D eigenvalue weighted by molar-refractivity contribution is 0.721. The summed E-state index contributed by atoms with van der Waals surface area (Å²) in [6, 6.07) is 9.75. The zero-order valence-corrected chi connectivity index (χ0v) is 11.2. The molecule has 5 heteroatoms. The van der Waals surface area contributed by atoms with Gasteiger partial charge < -0.3 is 5.32 Å². The number of anilines is 1. The van der Waals surface area contributed by atoms with Crippen LogP contribution in [0.4, 0.5) is 5.69 Å². The predicted octanol–water partition coefficient (Wildman–Crippen LogP) is 3.23. The molecular weight excluding hydrogens is 260 g/mol. The highest BCUT2D eigenvalue weighted by Crippen LogP contribution is 2.28. The Morgan fingerprint density at radius 2 is 2.11 bits per heavy atom. The highest BCUT2D eigenvalue weighted by Gasteiger charge is 2.06. The van der Waals surface area contributed by atoms with E-state index in [0.717, 1.165) is 22.3 Å². The number of fused-ring (bicyclic) bond motifs is 1. The number of rotatable bonds is 3. The van der Waals surface area contributed by atoms with Gasteiger partial charge in [-0.05, 0) is 30.3 Å². The first-order valence-electron chi connectivity index (χ1n) is 5.99. The number of aryl methyl sites for hydroxylation is 1. The third-order valence-electron chi connectivity index (χ3n) is 3.10. The van der Waals surface area contributed by atoms with Crippen molar-refractivity contribution in [1.82, 2.24) is 14.8 Å². The van der Waals surface area contributed by atoms with E-state index in [1.54, 1.807) is 12.4 Å². The van der Waals surface area contributed by atoms with Gasteiger partial charge in [-0.3, -0.25) is 9.67 Å². The van der Waals surface area contributed by atoms with Gasteiger partial charge in [0, 0.05) is 30.5 Å². The first-order chi connectivity index (χ1) is 9.25. The van der Waals surface area contributed by atoms with Crippen molar-refractivity contribution in [2.75, 3.05) is 5.32 Å². The van der Waals surface area contributed by atoms with E-state index in [2.05, 4.69) is 15.4 Å².